The van der Waals surface area contributed by atoms with Crippen LogP contribution in [0.2, 0.25) is 0 Å². The van der Waals surface area contributed by atoms with E-state index in [1.165, 1.54) is 0 Å². The van der Waals surface area contributed by atoms with Crippen LogP contribution in [0.25, 0.3) is 9.88 Å². The smallest absolute Gasteiger partial charge is 0.159 e. The number of thiazole rings is 1. The largest absolute Gasteiger partial charge is 0.312 e. The van der Waals surface area contributed by atoms with Crippen LogP contribution in [0, 0.1) is 6.92 Å². The lowest BCUT2D eigenvalue weighted by molar-refractivity contribution is 0.429. The van der Waals surface area contributed by atoms with Crippen LogP contribution in [0.1, 0.15) is 30.8 Å². The molecule has 2 aromatic heterocycles. The normalized spacial score (nSPS) is 12.0. The summed E-state index contributed by atoms with van der Waals surface area (Å²) in [7, 11) is 0. The van der Waals surface area contributed by atoms with Crippen molar-refractivity contribution in [2.24, 2.45) is 0 Å². The van der Waals surface area contributed by atoms with E-state index in [1.807, 2.05) is 13.1 Å². The first-order valence-corrected chi connectivity index (χ1v) is 7.57. The Labute approximate surface area is 116 Å². The van der Waals surface area contributed by atoms with Crippen molar-refractivity contribution >= 4 is 22.7 Å². The average Bonchev–Trinajstić information content (AvgIpc) is 2.85. The van der Waals surface area contributed by atoms with Crippen molar-refractivity contribution in [1.82, 2.24) is 20.5 Å². The molecule has 0 amide bonds. The Hall–Kier alpha value is -0.850. The summed E-state index contributed by atoms with van der Waals surface area (Å²) in [5, 5.41) is 15.0. The Balaban J connectivity index is 1.94. The first kappa shape index (κ1) is 13.6. The van der Waals surface area contributed by atoms with E-state index in [0.717, 1.165) is 32.9 Å². The highest BCUT2D eigenvalue weighted by molar-refractivity contribution is 7.21. The van der Waals surface area contributed by atoms with E-state index in [-0.39, 0.29) is 5.54 Å². The third-order valence-corrected chi connectivity index (χ3v) is 4.36. The maximum Gasteiger partial charge on any atom is 0.159 e. The van der Waals surface area contributed by atoms with E-state index in [4.69, 9.17) is 0 Å². The second-order valence-corrected chi connectivity index (χ2v) is 7.47. The molecule has 0 spiro atoms. The highest BCUT2D eigenvalue weighted by Gasteiger charge is 2.11. The zero-order valence-corrected chi connectivity index (χ0v) is 12.8. The molecular formula is C12H18N4S2. The van der Waals surface area contributed by atoms with Crippen LogP contribution < -0.4 is 5.32 Å². The van der Waals surface area contributed by atoms with Gasteiger partial charge in [0.15, 0.2) is 5.01 Å². The topological polar surface area (TPSA) is 50.7 Å². The molecule has 0 fully saturated rings. The Morgan fingerprint density at radius 3 is 2.61 bits per heavy atom. The van der Waals surface area contributed by atoms with Crippen molar-refractivity contribution in [2.45, 2.75) is 39.7 Å². The van der Waals surface area contributed by atoms with Crippen molar-refractivity contribution in [1.29, 1.82) is 0 Å². The minimum absolute atomic E-state index is 0.155. The van der Waals surface area contributed by atoms with Crippen LogP contribution in [0.5, 0.6) is 0 Å². The van der Waals surface area contributed by atoms with Gasteiger partial charge in [0, 0.05) is 24.7 Å². The molecule has 0 aliphatic heterocycles. The van der Waals surface area contributed by atoms with E-state index < -0.39 is 0 Å². The second-order valence-electron chi connectivity index (χ2n) is 5.17. The lowest BCUT2D eigenvalue weighted by Gasteiger charge is -2.19. The molecule has 2 rings (SSSR count). The van der Waals surface area contributed by atoms with Gasteiger partial charge in [-0.3, -0.25) is 0 Å². The molecule has 0 saturated carbocycles. The SMILES string of the molecule is Cc1ncc(-c2nnc(CCNC(C)(C)C)s2)s1. The lowest BCUT2D eigenvalue weighted by atomic mass is 10.1. The van der Waals surface area contributed by atoms with Crippen LogP contribution in [-0.2, 0) is 6.42 Å². The summed E-state index contributed by atoms with van der Waals surface area (Å²) in [6.07, 6.45) is 2.80. The molecular weight excluding hydrogens is 264 g/mol. The van der Waals surface area contributed by atoms with E-state index in [2.05, 4.69) is 41.3 Å². The van der Waals surface area contributed by atoms with Gasteiger partial charge < -0.3 is 5.32 Å². The molecule has 0 aliphatic carbocycles. The van der Waals surface area contributed by atoms with Gasteiger partial charge in [0.2, 0.25) is 0 Å². The van der Waals surface area contributed by atoms with Gasteiger partial charge in [0.1, 0.15) is 5.01 Å². The van der Waals surface area contributed by atoms with Gasteiger partial charge in [-0.05, 0) is 27.7 Å². The van der Waals surface area contributed by atoms with Crippen LogP contribution >= 0.6 is 22.7 Å². The molecule has 6 heteroatoms. The van der Waals surface area contributed by atoms with Crippen molar-refractivity contribution < 1.29 is 0 Å². The standard InChI is InChI=1S/C12H18N4S2/c1-8-13-7-9(17-8)11-16-15-10(18-11)5-6-14-12(2,3)4/h7,14H,5-6H2,1-4H3. The number of hydrogen-bond donors (Lipinski definition) is 1. The molecule has 0 unspecified atom stereocenters. The molecule has 0 aliphatic rings. The number of aromatic nitrogens is 3. The van der Waals surface area contributed by atoms with Crippen LogP contribution in [0.4, 0.5) is 0 Å². The third kappa shape index (κ3) is 3.83. The third-order valence-electron chi connectivity index (χ3n) is 2.29. The summed E-state index contributed by atoms with van der Waals surface area (Å²) in [6, 6.07) is 0. The van der Waals surface area contributed by atoms with E-state index in [9.17, 15) is 0 Å². The number of nitrogens with zero attached hydrogens (tertiary/aromatic N) is 3. The van der Waals surface area contributed by atoms with E-state index in [0.29, 0.717) is 0 Å². The quantitative estimate of drug-likeness (QED) is 0.937. The zero-order chi connectivity index (χ0) is 13.2. The fraction of sp³-hybridized carbons (Fsp3) is 0.583. The first-order chi connectivity index (χ1) is 8.44. The van der Waals surface area contributed by atoms with Crippen LogP contribution in [0.3, 0.4) is 0 Å². The summed E-state index contributed by atoms with van der Waals surface area (Å²) in [5.74, 6) is 0. The summed E-state index contributed by atoms with van der Waals surface area (Å²) in [5.41, 5.74) is 0.155. The molecule has 4 nitrogen and oxygen atoms in total. The number of aryl methyl sites for hydroxylation is 1. The predicted octanol–water partition coefficient (Wildman–Crippen LogP) is 2.90. The minimum atomic E-state index is 0.155. The van der Waals surface area contributed by atoms with Gasteiger partial charge in [-0.2, -0.15) is 0 Å². The summed E-state index contributed by atoms with van der Waals surface area (Å²) >= 11 is 3.32. The zero-order valence-electron chi connectivity index (χ0n) is 11.1. The monoisotopic (exact) mass is 282 g/mol. The molecule has 0 aromatic carbocycles. The predicted molar refractivity (Wildman–Crippen MR) is 77.2 cm³/mol. The molecule has 0 saturated heterocycles. The second kappa shape index (κ2) is 5.42. The van der Waals surface area contributed by atoms with Gasteiger partial charge in [-0.1, -0.05) is 11.3 Å². The Kier molecular flexibility index (Phi) is 4.09. The molecule has 2 aromatic rings. The maximum absolute atomic E-state index is 4.24. The highest BCUT2D eigenvalue weighted by atomic mass is 32.1. The van der Waals surface area contributed by atoms with Gasteiger partial charge in [-0.25, -0.2) is 4.98 Å². The highest BCUT2D eigenvalue weighted by Crippen LogP contribution is 2.28. The van der Waals surface area contributed by atoms with Crippen molar-refractivity contribution in [3.05, 3.63) is 16.2 Å². The number of nitrogens with one attached hydrogen (secondary N) is 1. The van der Waals surface area contributed by atoms with Crippen LogP contribution in [0.15, 0.2) is 6.20 Å². The van der Waals surface area contributed by atoms with Gasteiger partial charge in [-0.15, -0.1) is 21.5 Å². The van der Waals surface area contributed by atoms with E-state index in [1.54, 1.807) is 22.7 Å². The van der Waals surface area contributed by atoms with E-state index >= 15 is 0 Å². The fourth-order valence-corrected chi connectivity index (χ4v) is 3.11. The molecule has 18 heavy (non-hydrogen) atoms. The summed E-state index contributed by atoms with van der Waals surface area (Å²) in [6.45, 7) is 9.43. The van der Waals surface area contributed by atoms with Gasteiger partial charge >= 0.3 is 0 Å². The fourth-order valence-electron chi connectivity index (χ4n) is 1.46. The van der Waals surface area contributed by atoms with Gasteiger partial charge in [0.25, 0.3) is 0 Å². The molecule has 2 heterocycles. The molecule has 0 bridgehead atoms. The van der Waals surface area contributed by atoms with Crippen molar-refractivity contribution in [3.8, 4) is 9.88 Å². The summed E-state index contributed by atoms with van der Waals surface area (Å²) < 4.78 is 0. The molecule has 1 N–H and O–H groups in total. The Morgan fingerprint density at radius 2 is 2.00 bits per heavy atom. The average molecular weight is 282 g/mol. The minimum Gasteiger partial charge on any atom is -0.312 e. The molecule has 0 radical (unpaired) electrons. The first-order valence-electron chi connectivity index (χ1n) is 5.94. The Morgan fingerprint density at radius 1 is 1.22 bits per heavy atom. The number of hydrogen-bond acceptors (Lipinski definition) is 6. The molecule has 98 valence electrons. The lowest BCUT2D eigenvalue weighted by Crippen LogP contribution is -2.37. The maximum atomic E-state index is 4.24. The number of rotatable bonds is 4. The van der Waals surface area contributed by atoms with Crippen molar-refractivity contribution in [3.63, 3.8) is 0 Å². The van der Waals surface area contributed by atoms with Crippen molar-refractivity contribution in [2.75, 3.05) is 6.54 Å². The Bertz CT molecular complexity index is 510. The molecule has 0 atom stereocenters. The van der Waals surface area contributed by atoms with Crippen LogP contribution in [-0.4, -0.2) is 27.3 Å². The summed E-state index contributed by atoms with van der Waals surface area (Å²) in [4.78, 5) is 5.35. The van der Waals surface area contributed by atoms with Gasteiger partial charge in [0.05, 0.1) is 9.88 Å².